The topological polar surface area (TPSA) is 29.5 Å². The van der Waals surface area contributed by atoms with Gasteiger partial charge in [0.15, 0.2) is 0 Å². The molecule has 1 rings (SSSR count). The minimum absolute atomic E-state index is 0.130. The van der Waals surface area contributed by atoms with Crippen molar-refractivity contribution in [3.05, 3.63) is 29.8 Å². The Labute approximate surface area is 91.9 Å². The van der Waals surface area contributed by atoms with Crippen LogP contribution in [0, 0.1) is 5.41 Å². The van der Waals surface area contributed by atoms with Gasteiger partial charge in [-0.1, -0.05) is 39.0 Å². The van der Waals surface area contributed by atoms with Crippen LogP contribution in [-0.2, 0) is 0 Å². The van der Waals surface area contributed by atoms with Crippen molar-refractivity contribution in [1.82, 2.24) is 0 Å². The van der Waals surface area contributed by atoms with Gasteiger partial charge in [-0.3, -0.25) is 0 Å². The van der Waals surface area contributed by atoms with E-state index in [-0.39, 0.29) is 5.41 Å². The van der Waals surface area contributed by atoms with Crippen molar-refractivity contribution in [2.24, 2.45) is 5.41 Å². The summed E-state index contributed by atoms with van der Waals surface area (Å²) in [5.74, 6) is 0.756. The molecule has 0 aliphatic rings. The summed E-state index contributed by atoms with van der Waals surface area (Å²) in [6.07, 6.45) is 0.435. The molecule has 0 bridgehead atoms. The number of aliphatic hydroxyl groups excluding tert-OH is 1. The Morgan fingerprint density at radius 3 is 2.47 bits per heavy atom. The standard InChI is InChI=1S/C13H20O2/c1-5-13(2,3)12(14)10-8-6-7-9-11(10)15-4/h6-9,12,14H,5H2,1-4H3. The van der Waals surface area contributed by atoms with Gasteiger partial charge in [0.2, 0.25) is 0 Å². The van der Waals surface area contributed by atoms with E-state index in [4.69, 9.17) is 4.74 Å². The van der Waals surface area contributed by atoms with E-state index in [0.717, 1.165) is 17.7 Å². The van der Waals surface area contributed by atoms with Gasteiger partial charge in [-0.25, -0.2) is 0 Å². The molecule has 1 N–H and O–H groups in total. The summed E-state index contributed by atoms with van der Waals surface area (Å²) in [7, 11) is 1.63. The van der Waals surface area contributed by atoms with Crippen molar-refractivity contribution in [3.63, 3.8) is 0 Å². The van der Waals surface area contributed by atoms with Crippen LogP contribution in [0.1, 0.15) is 38.9 Å². The van der Waals surface area contributed by atoms with Gasteiger partial charge < -0.3 is 9.84 Å². The molecular formula is C13H20O2. The van der Waals surface area contributed by atoms with E-state index in [9.17, 15) is 5.11 Å². The lowest BCUT2D eigenvalue weighted by Gasteiger charge is -2.30. The summed E-state index contributed by atoms with van der Waals surface area (Å²) < 4.78 is 5.25. The fourth-order valence-electron chi connectivity index (χ4n) is 1.51. The van der Waals surface area contributed by atoms with E-state index in [1.807, 2.05) is 24.3 Å². The van der Waals surface area contributed by atoms with Crippen LogP contribution in [0.2, 0.25) is 0 Å². The molecule has 1 aromatic carbocycles. The lowest BCUT2D eigenvalue weighted by atomic mass is 9.80. The number of rotatable bonds is 4. The summed E-state index contributed by atoms with van der Waals surface area (Å²) in [4.78, 5) is 0. The number of methoxy groups -OCH3 is 1. The van der Waals surface area contributed by atoms with Crippen LogP contribution in [0.15, 0.2) is 24.3 Å². The molecule has 1 atom stereocenters. The Kier molecular flexibility index (Phi) is 3.75. The molecule has 0 amide bonds. The highest BCUT2D eigenvalue weighted by atomic mass is 16.5. The molecule has 0 aromatic heterocycles. The summed E-state index contributed by atoms with van der Waals surface area (Å²) in [6, 6.07) is 7.63. The van der Waals surface area contributed by atoms with Crippen molar-refractivity contribution in [2.75, 3.05) is 7.11 Å². The maximum atomic E-state index is 10.3. The molecule has 84 valence electrons. The third-order valence-corrected chi connectivity index (χ3v) is 3.08. The maximum Gasteiger partial charge on any atom is 0.124 e. The van der Waals surface area contributed by atoms with Gasteiger partial charge in [-0.15, -0.1) is 0 Å². The van der Waals surface area contributed by atoms with Gasteiger partial charge in [-0.2, -0.15) is 0 Å². The second-order valence-corrected chi connectivity index (χ2v) is 4.49. The van der Waals surface area contributed by atoms with E-state index in [0.29, 0.717) is 0 Å². The smallest absolute Gasteiger partial charge is 0.124 e. The lowest BCUT2D eigenvalue weighted by molar-refractivity contribution is 0.0445. The zero-order valence-corrected chi connectivity index (χ0v) is 9.95. The van der Waals surface area contributed by atoms with Crippen LogP contribution in [0.25, 0.3) is 0 Å². The molecule has 0 fully saturated rings. The number of ether oxygens (including phenoxy) is 1. The Bertz CT molecular complexity index is 318. The summed E-state index contributed by atoms with van der Waals surface area (Å²) in [5, 5.41) is 10.3. The van der Waals surface area contributed by atoms with Crippen molar-refractivity contribution >= 4 is 0 Å². The Morgan fingerprint density at radius 2 is 1.93 bits per heavy atom. The minimum atomic E-state index is -0.487. The Hall–Kier alpha value is -1.02. The molecule has 0 saturated heterocycles. The lowest BCUT2D eigenvalue weighted by Crippen LogP contribution is -2.21. The van der Waals surface area contributed by atoms with E-state index < -0.39 is 6.10 Å². The highest BCUT2D eigenvalue weighted by Gasteiger charge is 2.29. The predicted octanol–water partition coefficient (Wildman–Crippen LogP) is 3.16. The SMILES string of the molecule is CCC(C)(C)C(O)c1ccccc1OC. The number of aliphatic hydroxyl groups is 1. The minimum Gasteiger partial charge on any atom is -0.496 e. The van der Waals surface area contributed by atoms with Crippen LogP contribution >= 0.6 is 0 Å². The van der Waals surface area contributed by atoms with E-state index >= 15 is 0 Å². The highest BCUT2D eigenvalue weighted by Crippen LogP contribution is 2.39. The van der Waals surface area contributed by atoms with Crippen LogP contribution < -0.4 is 4.74 Å². The zero-order chi connectivity index (χ0) is 11.5. The van der Waals surface area contributed by atoms with Gasteiger partial charge in [0.1, 0.15) is 5.75 Å². The number of hydrogen-bond donors (Lipinski definition) is 1. The molecule has 0 spiro atoms. The van der Waals surface area contributed by atoms with Crippen molar-refractivity contribution < 1.29 is 9.84 Å². The maximum absolute atomic E-state index is 10.3. The second-order valence-electron chi connectivity index (χ2n) is 4.49. The van der Waals surface area contributed by atoms with E-state index in [1.165, 1.54) is 0 Å². The predicted molar refractivity (Wildman–Crippen MR) is 62.0 cm³/mol. The van der Waals surface area contributed by atoms with Gasteiger partial charge >= 0.3 is 0 Å². The largest absolute Gasteiger partial charge is 0.496 e. The molecular weight excluding hydrogens is 188 g/mol. The molecule has 1 unspecified atom stereocenters. The van der Waals surface area contributed by atoms with E-state index in [1.54, 1.807) is 7.11 Å². The summed E-state index contributed by atoms with van der Waals surface area (Å²) >= 11 is 0. The molecule has 15 heavy (non-hydrogen) atoms. The number of benzene rings is 1. The normalized spacial score (nSPS) is 13.7. The summed E-state index contributed by atoms with van der Waals surface area (Å²) in [5.41, 5.74) is 0.737. The highest BCUT2D eigenvalue weighted by molar-refractivity contribution is 5.35. The molecule has 1 aromatic rings. The Morgan fingerprint density at radius 1 is 1.33 bits per heavy atom. The average molecular weight is 208 g/mol. The monoisotopic (exact) mass is 208 g/mol. The number of hydrogen-bond acceptors (Lipinski definition) is 2. The molecule has 0 saturated carbocycles. The van der Waals surface area contributed by atoms with Gasteiger partial charge in [0, 0.05) is 5.56 Å². The molecule has 0 aliphatic carbocycles. The molecule has 0 heterocycles. The second kappa shape index (κ2) is 4.67. The third kappa shape index (κ3) is 2.51. The molecule has 0 radical (unpaired) electrons. The van der Waals surface area contributed by atoms with Crippen LogP contribution in [0.4, 0.5) is 0 Å². The molecule has 2 heteroatoms. The fraction of sp³-hybridized carbons (Fsp3) is 0.538. The first-order chi connectivity index (χ1) is 7.03. The first kappa shape index (κ1) is 12.1. The van der Waals surface area contributed by atoms with Crippen molar-refractivity contribution in [3.8, 4) is 5.75 Å². The molecule has 0 aliphatic heterocycles. The van der Waals surface area contributed by atoms with Crippen LogP contribution in [0.3, 0.4) is 0 Å². The Balaban J connectivity index is 3.05. The van der Waals surface area contributed by atoms with Gasteiger partial charge in [0.25, 0.3) is 0 Å². The van der Waals surface area contributed by atoms with Gasteiger partial charge in [-0.05, 0) is 17.9 Å². The van der Waals surface area contributed by atoms with Crippen molar-refractivity contribution in [2.45, 2.75) is 33.3 Å². The third-order valence-electron chi connectivity index (χ3n) is 3.08. The van der Waals surface area contributed by atoms with Crippen molar-refractivity contribution in [1.29, 1.82) is 0 Å². The summed E-state index contributed by atoms with van der Waals surface area (Å²) in [6.45, 7) is 6.20. The first-order valence-corrected chi connectivity index (χ1v) is 5.34. The zero-order valence-electron chi connectivity index (χ0n) is 9.95. The quantitative estimate of drug-likeness (QED) is 0.823. The van der Waals surface area contributed by atoms with Crippen LogP contribution in [-0.4, -0.2) is 12.2 Å². The van der Waals surface area contributed by atoms with Gasteiger partial charge in [0.05, 0.1) is 13.2 Å². The average Bonchev–Trinajstić information content (AvgIpc) is 2.28. The fourth-order valence-corrected chi connectivity index (χ4v) is 1.51. The first-order valence-electron chi connectivity index (χ1n) is 5.34. The number of para-hydroxylation sites is 1. The van der Waals surface area contributed by atoms with E-state index in [2.05, 4.69) is 20.8 Å². The molecule has 2 nitrogen and oxygen atoms in total. The van der Waals surface area contributed by atoms with Crippen LogP contribution in [0.5, 0.6) is 5.75 Å².